The number of carbonyl (C=O) groups is 2. The van der Waals surface area contributed by atoms with Crippen LogP contribution in [0, 0.1) is 11.8 Å². The molecule has 2 rings (SSSR count). The zero-order valence-electron chi connectivity index (χ0n) is 20.8. The van der Waals surface area contributed by atoms with Crippen LogP contribution in [0.1, 0.15) is 66.7 Å². The fourth-order valence-electron chi connectivity index (χ4n) is 4.19. The molecule has 0 saturated carbocycles. The predicted octanol–water partition coefficient (Wildman–Crippen LogP) is 3.45. The first kappa shape index (κ1) is 28.8. The van der Waals surface area contributed by atoms with Crippen LogP contribution >= 0.6 is 24.0 Å². The zero-order valence-corrected chi connectivity index (χ0v) is 23.1. The molecule has 0 radical (unpaired) electrons. The van der Waals surface area contributed by atoms with E-state index in [2.05, 4.69) is 15.6 Å². The van der Waals surface area contributed by atoms with Crippen molar-refractivity contribution in [2.24, 2.45) is 16.8 Å². The lowest BCUT2D eigenvalue weighted by molar-refractivity contribution is -0.135. The molecule has 0 aliphatic carbocycles. The van der Waals surface area contributed by atoms with E-state index in [1.54, 1.807) is 7.05 Å². The van der Waals surface area contributed by atoms with Crippen LogP contribution in [0.2, 0.25) is 0 Å². The molecule has 2 fully saturated rings. The number of likely N-dealkylation sites (tertiary alicyclic amines) is 2. The lowest BCUT2D eigenvalue weighted by Gasteiger charge is -2.35. The lowest BCUT2D eigenvalue weighted by Crippen LogP contribution is -2.50. The Bertz CT molecular complexity index is 628. The summed E-state index contributed by atoms with van der Waals surface area (Å²) in [6, 6.07) is 0.333. The van der Waals surface area contributed by atoms with Crippen LogP contribution in [0.3, 0.4) is 0 Å². The van der Waals surface area contributed by atoms with Gasteiger partial charge in [-0.2, -0.15) is 0 Å². The maximum absolute atomic E-state index is 12.3. The number of nitrogens with zero attached hydrogens (tertiary/aromatic N) is 3. The molecule has 2 amide bonds. The molecule has 186 valence electrons. The fraction of sp³-hybridized carbons (Fsp3) is 0.870. The van der Waals surface area contributed by atoms with E-state index in [0.717, 1.165) is 70.8 Å². The summed E-state index contributed by atoms with van der Waals surface area (Å²) in [5.41, 5.74) is -0.456. The van der Waals surface area contributed by atoms with Gasteiger partial charge in [-0.05, 0) is 58.8 Å². The third-order valence-corrected chi connectivity index (χ3v) is 5.88. The Kier molecular flexibility index (Phi) is 12.1. The van der Waals surface area contributed by atoms with Crippen LogP contribution in [-0.4, -0.2) is 79.2 Å². The molecule has 2 N–H and O–H groups in total. The van der Waals surface area contributed by atoms with Crippen molar-refractivity contribution in [3.05, 3.63) is 0 Å². The van der Waals surface area contributed by atoms with Gasteiger partial charge in [0.1, 0.15) is 5.60 Å². The minimum atomic E-state index is -0.456. The van der Waals surface area contributed by atoms with E-state index < -0.39 is 5.60 Å². The van der Waals surface area contributed by atoms with Crippen LogP contribution in [0.4, 0.5) is 4.79 Å². The van der Waals surface area contributed by atoms with Crippen LogP contribution in [0.15, 0.2) is 4.99 Å². The van der Waals surface area contributed by atoms with Gasteiger partial charge in [-0.15, -0.1) is 24.0 Å². The molecule has 2 heterocycles. The van der Waals surface area contributed by atoms with E-state index in [1.807, 2.05) is 44.4 Å². The molecule has 0 aromatic carbocycles. The highest BCUT2D eigenvalue weighted by molar-refractivity contribution is 14.0. The minimum Gasteiger partial charge on any atom is -0.444 e. The minimum absolute atomic E-state index is 0. The number of hydrogen-bond donors (Lipinski definition) is 2. The van der Waals surface area contributed by atoms with Crippen LogP contribution < -0.4 is 10.6 Å². The summed E-state index contributed by atoms with van der Waals surface area (Å²) in [5, 5.41) is 6.92. The van der Waals surface area contributed by atoms with Gasteiger partial charge in [0, 0.05) is 51.7 Å². The Balaban J connectivity index is 0.00000512. The topological polar surface area (TPSA) is 86.3 Å². The second-order valence-corrected chi connectivity index (χ2v) is 10.1. The second kappa shape index (κ2) is 13.4. The molecule has 9 heteroatoms. The quantitative estimate of drug-likeness (QED) is 0.303. The summed E-state index contributed by atoms with van der Waals surface area (Å²) < 4.78 is 5.52. The number of piperidine rings is 2. The van der Waals surface area contributed by atoms with Gasteiger partial charge in [-0.1, -0.05) is 13.8 Å². The monoisotopic (exact) mass is 565 g/mol. The summed E-state index contributed by atoms with van der Waals surface area (Å²) >= 11 is 0. The maximum atomic E-state index is 12.3. The molecule has 0 bridgehead atoms. The van der Waals surface area contributed by atoms with E-state index in [0.29, 0.717) is 12.0 Å². The number of ether oxygens (including phenoxy) is 1. The third kappa shape index (κ3) is 9.70. The maximum Gasteiger partial charge on any atom is 0.410 e. The Morgan fingerprint density at radius 3 is 2.31 bits per heavy atom. The van der Waals surface area contributed by atoms with Gasteiger partial charge in [0.15, 0.2) is 5.96 Å². The first-order valence-electron chi connectivity index (χ1n) is 11.8. The Labute approximate surface area is 211 Å². The van der Waals surface area contributed by atoms with Crippen molar-refractivity contribution in [3.63, 3.8) is 0 Å². The number of amides is 2. The van der Waals surface area contributed by atoms with Gasteiger partial charge in [-0.3, -0.25) is 9.79 Å². The first-order chi connectivity index (χ1) is 14.6. The molecular formula is C23H44IN5O3. The van der Waals surface area contributed by atoms with E-state index in [4.69, 9.17) is 4.74 Å². The summed E-state index contributed by atoms with van der Waals surface area (Å²) in [7, 11) is 1.79. The molecule has 32 heavy (non-hydrogen) atoms. The largest absolute Gasteiger partial charge is 0.444 e. The average Bonchev–Trinajstić information content (AvgIpc) is 2.72. The van der Waals surface area contributed by atoms with Crippen molar-refractivity contribution in [2.75, 3.05) is 39.8 Å². The average molecular weight is 566 g/mol. The van der Waals surface area contributed by atoms with Crippen molar-refractivity contribution in [1.82, 2.24) is 20.4 Å². The highest BCUT2D eigenvalue weighted by atomic mass is 127. The number of halogens is 1. The Morgan fingerprint density at radius 2 is 1.75 bits per heavy atom. The van der Waals surface area contributed by atoms with Crippen molar-refractivity contribution >= 4 is 41.9 Å². The van der Waals surface area contributed by atoms with Crippen LogP contribution in [-0.2, 0) is 9.53 Å². The highest BCUT2D eigenvalue weighted by Gasteiger charge is 2.28. The molecule has 2 saturated heterocycles. The lowest BCUT2D eigenvalue weighted by atomic mass is 9.95. The molecule has 8 nitrogen and oxygen atoms in total. The van der Waals surface area contributed by atoms with Gasteiger partial charge in [-0.25, -0.2) is 4.79 Å². The zero-order chi connectivity index (χ0) is 23.0. The summed E-state index contributed by atoms with van der Waals surface area (Å²) in [4.78, 5) is 32.7. The normalized spacial score (nSPS) is 20.6. The van der Waals surface area contributed by atoms with Gasteiger partial charge in [0.2, 0.25) is 5.91 Å². The van der Waals surface area contributed by atoms with Gasteiger partial charge in [0.05, 0.1) is 0 Å². The van der Waals surface area contributed by atoms with Crippen molar-refractivity contribution in [3.8, 4) is 0 Å². The Hall–Kier alpha value is -1.26. The molecule has 0 spiro atoms. The van der Waals surface area contributed by atoms with Crippen LogP contribution in [0.25, 0.3) is 0 Å². The van der Waals surface area contributed by atoms with E-state index >= 15 is 0 Å². The third-order valence-electron chi connectivity index (χ3n) is 5.88. The van der Waals surface area contributed by atoms with E-state index in [-0.39, 0.29) is 41.9 Å². The SMILES string of the molecule is CN=C(NCCC1CCCN(C(=O)OC(C)(C)C)C1)NC1CCN(C(=O)C(C)C)CC1.I. The predicted molar refractivity (Wildman–Crippen MR) is 140 cm³/mol. The van der Waals surface area contributed by atoms with Crippen molar-refractivity contribution < 1.29 is 14.3 Å². The first-order valence-corrected chi connectivity index (χ1v) is 11.8. The summed E-state index contributed by atoms with van der Waals surface area (Å²) in [5.74, 6) is 1.59. The number of rotatable bonds is 5. The number of hydrogen-bond acceptors (Lipinski definition) is 4. The van der Waals surface area contributed by atoms with Crippen LogP contribution in [0.5, 0.6) is 0 Å². The molecule has 2 aliphatic rings. The summed E-state index contributed by atoms with van der Waals surface area (Å²) in [6.07, 6.45) is 4.81. The van der Waals surface area contributed by atoms with Gasteiger partial charge < -0.3 is 25.2 Å². The highest BCUT2D eigenvalue weighted by Crippen LogP contribution is 2.21. The second-order valence-electron chi connectivity index (χ2n) is 10.1. The molecule has 2 aliphatic heterocycles. The molecule has 1 unspecified atom stereocenters. The molecule has 0 aromatic rings. The smallest absolute Gasteiger partial charge is 0.410 e. The molecule has 0 aromatic heterocycles. The number of carbonyl (C=O) groups excluding carboxylic acids is 2. The number of guanidine groups is 1. The number of aliphatic imine (C=N–C) groups is 1. The fourth-order valence-corrected chi connectivity index (χ4v) is 4.19. The van der Waals surface area contributed by atoms with E-state index in [1.165, 1.54) is 0 Å². The molecular weight excluding hydrogens is 521 g/mol. The molecule has 1 atom stereocenters. The van der Waals surface area contributed by atoms with E-state index in [9.17, 15) is 9.59 Å². The standard InChI is InChI=1S/C23H43N5O3.HI/c1-17(2)20(29)27-14-10-19(11-15-27)26-21(24-6)25-12-9-18-8-7-13-28(16-18)22(30)31-23(3,4)5;/h17-19H,7-16H2,1-6H3,(H2,24,25,26);1H. The van der Waals surface area contributed by atoms with Crippen molar-refractivity contribution in [2.45, 2.75) is 78.4 Å². The van der Waals surface area contributed by atoms with Gasteiger partial charge in [0.25, 0.3) is 0 Å². The van der Waals surface area contributed by atoms with Gasteiger partial charge >= 0.3 is 6.09 Å². The number of nitrogens with one attached hydrogen (secondary N) is 2. The summed E-state index contributed by atoms with van der Waals surface area (Å²) in [6.45, 7) is 13.6. The Morgan fingerprint density at radius 1 is 1.09 bits per heavy atom. The van der Waals surface area contributed by atoms with Crippen molar-refractivity contribution in [1.29, 1.82) is 0 Å².